The van der Waals surface area contributed by atoms with Crippen LogP contribution in [-0.2, 0) is 16.0 Å². The van der Waals surface area contributed by atoms with Crippen molar-refractivity contribution in [2.24, 2.45) is 5.41 Å². The average Bonchev–Trinajstić information content (AvgIpc) is 2.43. The first-order valence-electron chi connectivity index (χ1n) is 7.84. The first-order valence-corrected chi connectivity index (χ1v) is 7.84. The second-order valence-corrected chi connectivity index (χ2v) is 7.29. The van der Waals surface area contributed by atoms with Gasteiger partial charge in [-0.1, -0.05) is 26.0 Å². The molecular formula is C18H28N2O3. The predicted octanol–water partition coefficient (Wildman–Crippen LogP) is 3.74. The summed E-state index contributed by atoms with van der Waals surface area (Å²) in [5, 5.41) is 5.39. The van der Waals surface area contributed by atoms with Crippen LogP contribution in [0.4, 0.5) is 10.5 Å². The van der Waals surface area contributed by atoms with Crippen LogP contribution < -0.4 is 10.6 Å². The Morgan fingerprint density at radius 2 is 1.61 bits per heavy atom. The third kappa shape index (κ3) is 6.72. The number of rotatable bonds is 5. The zero-order valence-electron chi connectivity index (χ0n) is 14.9. The first-order chi connectivity index (χ1) is 10.5. The highest BCUT2D eigenvalue weighted by atomic mass is 16.6. The zero-order valence-corrected chi connectivity index (χ0v) is 14.9. The molecule has 1 rings (SSSR count). The van der Waals surface area contributed by atoms with Crippen molar-refractivity contribution in [2.45, 2.75) is 53.1 Å². The molecule has 0 spiro atoms. The SMILES string of the molecule is CNC(=O)C(C)(C)CCc1ccc(NC(=O)OC(C)(C)C)cc1. The number of hydrogen-bond acceptors (Lipinski definition) is 3. The van der Waals surface area contributed by atoms with Gasteiger partial charge in [0.15, 0.2) is 0 Å². The van der Waals surface area contributed by atoms with Gasteiger partial charge in [0.05, 0.1) is 0 Å². The highest BCUT2D eigenvalue weighted by Crippen LogP contribution is 2.23. The molecule has 2 amide bonds. The minimum absolute atomic E-state index is 0.0423. The number of aryl methyl sites for hydroxylation is 1. The molecule has 0 aromatic heterocycles. The summed E-state index contributed by atoms with van der Waals surface area (Å²) in [7, 11) is 1.65. The monoisotopic (exact) mass is 320 g/mol. The van der Waals surface area contributed by atoms with Crippen LogP contribution in [0, 0.1) is 5.41 Å². The van der Waals surface area contributed by atoms with E-state index in [1.807, 2.05) is 58.9 Å². The molecule has 0 aliphatic carbocycles. The molecule has 5 heteroatoms. The summed E-state index contributed by atoms with van der Waals surface area (Å²) in [6, 6.07) is 7.58. The molecule has 0 fully saturated rings. The summed E-state index contributed by atoms with van der Waals surface area (Å²) in [5.41, 5.74) is 0.891. The largest absolute Gasteiger partial charge is 0.444 e. The van der Waals surface area contributed by atoms with Crippen molar-refractivity contribution < 1.29 is 14.3 Å². The zero-order chi connectivity index (χ0) is 17.7. The highest BCUT2D eigenvalue weighted by molar-refractivity contribution is 5.84. The number of anilines is 1. The summed E-state index contributed by atoms with van der Waals surface area (Å²) in [6.07, 6.45) is 1.09. The number of carbonyl (C=O) groups is 2. The number of ether oxygens (including phenoxy) is 1. The summed E-state index contributed by atoms with van der Waals surface area (Å²) < 4.78 is 5.21. The van der Waals surface area contributed by atoms with Crippen molar-refractivity contribution in [3.05, 3.63) is 29.8 Å². The van der Waals surface area contributed by atoms with Crippen LogP contribution in [0.3, 0.4) is 0 Å². The molecular weight excluding hydrogens is 292 g/mol. The van der Waals surface area contributed by atoms with Gasteiger partial charge in [-0.05, 0) is 51.3 Å². The summed E-state index contributed by atoms with van der Waals surface area (Å²) in [5.74, 6) is 0.0423. The molecule has 0 atom stereocenters. The molecule has 23 heavy (non-hydrogen) atoms. The third-order valence-corrected chi connectivity index (χ3v) is 3.48. The summed E-state index contributed by atoms with van der Waals surface area (Å²) >= 11 is 0. The standard InChI is InChI=1S/C18H28N2O3/c1-17(2,3)23-16(22)20-14-9-7-13(8-10-14)11-12-18(4,5)15(21)19-6/h7-10H,11-12H2,1-6H3,(H,19,21)(H,20,22). The Morgan fingerprint density at radius 3 is 2.09 bits per heavy atom. The Kier molecular flexibility index (Phi) is 6.19. The second-order valence-electron chi connectivity index (χ2n) is 7.29. The Hall–Kier alpha value is -2.04. The molecule has 0 unspecified atom stereocenters. The van der Waals surface area contributed by atoms with Crippen molar-refractivity contribution in [3.8, 4) is 0 Å². The van der Waals surface area contributed by atoms with Crippen LogP contribution >= 0.6 is 0 Å². The maximum Gasteiger partial charge on any atom is 0.412 e. The fourth-order valence-electron chi connectivity index (χ4n) is 2.08. The Bertz CT molecular complexity index is 542. The molecule has 128 valence electrons. The van der Waals surface area contributed by atoms with Gasteiger partial charge in [-0.15, -0.1) is 0 Å². The molecule has 0 saturated carbocycles. The molecule has 5 nitrogen and oxygen atoms in total. The molecule has 0 heterocycles. The Morgan fingerprint density at radius 1 is 1.04 bits per heavy atom. The van der Waals surface area contributed by atoms with E-state index in [-0.39, 0.29) is 5.91 Å². The first kappa shape index (κ1) is 19.0. The lowest BCUT2D eigenvalue weighted by Crippen LogP contribution is -2.34. The fraction of sp³-hybridized carbons (Fsp3) is 0.556. The van der Waals surface area contributed by atoms with Crippen LogP contribution in [0.15, 0.2) is 24.3 Å². The second kappa shape index (κ2) is 7.49. The van der Waals surface area contributed by atoms with Gasteiger partial charge in [-0.25, -0.2) is 4.79 Å². The van der Waals surface area contributed by atoms with Crippen molar-refractivity contribution in [3.63, 3.8) is 0 Å². The predicted molar refractivity (Wildman–Crippen MR) is 92.5 cm³/mol. The van der Waals surface area contributed by atoms with Crippen LogP contribution in [0.2, 0.25) is 0 Å². The van der Waals surface area contributed by atoms with Gasteiger partial charge in [0.25, 0.3) is 0 Å². The summed E-state index contributed by atoms with van der Waals surface area (Å²) in [6.45, 7) is 9.34. The Balaban J connectivity index is 2.57. The lowest BCUT2D eigenvalue weighted by Gasteiger charge is -2.22. The van der Waals surface area contributed by atoms with Crippen LogP contribution in [0.5, 0.6) is 0 Å². The highest BCUT2D eigenvalue weighted by Gasteiger charge is 2.25. The molecule has 1 aromatic carbocycles. The van der Waals surface area contributed by atoms with E-state index < -0.39 is 17.1 Å². The van der Waals surface area contributed by atoms with E-state index in [1.54, 1.807) is 7.05 Å². The van der Waals surface area contributed by atoms with Crippen LogP contribution in [-0.4, -0.2) is 24.6 Å². The number of amides is 2. The van der Waals surface area contributed by atoms with E-state index in [2.05, 4.69) is 10.6 Å². The third-order valence-electron chi connectivity index (χ3n) is 3.48. The van der Waals surface area contributed by atoms with E-state index in [9.17, 15) is 9.59 Å². The number of carbonyl (C=O) groups excluding carboxylic acids is 2. The maximum atomic E-state index is 11.8. The van der Waals surface area contributed by atoms with E-state index in [1.165, 1.54) is 0 Å². The average molecular weight is 320 g/mol. The van der Waals surface area contributed by atoms with Crippen molar-refractivity contribution >= 4 is 17.7 Å². The van der Waals surface area contributed by atoms with Gasteiger partial charge in [0.1, 0.15) is 5.60 Å². The normalized spacial score (nSPS) is 11.7. The molecule has 2 N–H and O–H groups in total. The van der Waals surface area contributed by atoms with Crippen LogP contribution in [0.25, 0.3) is 0 Å². The number of nitrogens with one attached hydrogen (secondary N) is 2. The van der Waals surface area contributed by atoms with E-state index >= 15 is 0 Å². The van der Waals surface area contributed by atoms with Gasteiger partial charge in [-0.2, -0.15) is 0 Å². The molecule has 1 aromatic rings. The minimum Gasteiger partial charge on any atom is -0.444 e. The lowest BCUT2D eigenvalue weighted by molar-refractivity contribution is -0.129. The number of hydrogen-bond donors (Lipinski definition) is 2. The van der Waals surface area contributed by atoms with E-state index in [0.717, 1.165) is 18.4 Å². The van der Waals surface area contributed by atoms with Gasteiger partial charge < -0.3 is 10.1 Å². The van der Waals surface area contributed by atoms with Crippen molar-refractivity contribution in [1.29, 1.82) is 0 Å². The van der Waals surface area contributed by atoms with Crippen LogP contribution in [0.1, 0.15) is 46.6 Å². The smallest absolute Gasteiger partial charge is 0.412 e. The minimum atomic E-state index is -0.518. The van der Waals surface area contributed by atoms with E-state index in [0.29, 0.717) is 5.69 Å². The molecule has 0 aliphatic heterocycles. The Labute approximate surface area is 138 Å². The fourth-order valence-corrected chi connectivity index (χ4v) is 2.08. The summed E-state index contributed by atoms with van der Waals surface area (Å²) in [4.78, 5) is 23.5. The van der Waals surface area contributed by atoms with Gasteiger partial charge in [0, 0.05) is 18.2 Å². The van der Waals surface area contributed by atoms with Crippen molar-refractivity contribution in [2.75, 3.05) is 12.4 Å². The molecule has 0 saturated heterocycles. The van der Waals surface area contributed by atoms with E-state index in [4.69, 9.17) is 4.74 Å². The van der Waals surface area contributed by atoms with Gasteiger partial charge in [0.2, 0.25) is 5.91 Å². The quantitative estimate of drug-likeness (QED) is 0.868. The molecule has 0 aliphatic rings. The topological polar surface area (TPSA) is 67.4 Å². The van der Waals surface area contributed by atoms with Gasteiger partial charge in [-0.3, -0.25) is 10.1 Å². The number of benzene rings is 1. The van der Waals surface area contributed by atoms with Crippen molar-refractivity contribution in [1.82, 2.24) is 5.32 Å². The molecule has 0 radical (unpaired) electrons. The van der Waals surface area contributed by atoms with Gasteiger partial charge >= 0.3 is 6.09 Å². The maximum absolute atomic E-state index is 11.8. The molecule has 0 bridgehead atoms. The lowest BCUT2D eigenvalue weighted by atomic mass is 9.85.